The lowest BCUT2D eigenvalue weighted by atomic mass is 10.0. The fourth-order valence-electron chi connectivity index (χ4n) is 5.66. The lowest BCUT2D eigenvalue weighted by Gasteiger charge is -2.35. The first kappa shape index (κ1) is 30.0. The topological polar surface area (TPSA) is 88.5 Å². The summed E-state index contributed by atoms with van der Waals surface area (Å²) in [7, 11) is -3.58. The minimum absolute atomic E-state index is 0.0927. The molecule has 0 amide bonds. The molecule has 0 aromatic heterocycles. The van der Waals surface area contributed by atoms with Crippen LogP contribution in [0.25, 0.3) is 10.8 Å². The van der Waals surface area contributed by atoms with E-state index in [0.717, 1.165) is 46.8 Å². The quantitative estimate of drug-likeness (QED) is 0.171. The van der Waals surface area contributed by atoms with Crippen molar-refractivity contribution < 1.29 is 22.8 Å². The lowest BCUT2D eigenvalue weighted by Crippen LogP contribution is -2.48. The number of oxime groups is 1. The molecular formula is C35H37N3O5S. The van der Waals surface area contributed by atoms with Crippen molar-refractivity contribution >= 4 is 38.0 Å². The molecule has 44 heavy (non-hydrogen) atoms. The van der Waals surface area contributed by atoms with E-state index in [1.165, 1.54) is 0 Å². The Bertz CT molecular complexity index is 1710. The van der Waals surface area contributed by atoms with Gasteiger partial charge in [0.15, 0.2) is 5.78 Å². The second kappa shape index (κ2) is 13.7. The van der Waals surface area contributed by atoms with Crippen LogP contribution in [0.1, 0.15) is 30.4 Å². The van der Waals surface area contributed by atoms with E-state index in [9.17, 15) is 13.2 Å². The van der Waals surface area contributed by atoms with Crippen molar-refractivity contribution in [3.05, 3.63) is 108 Å². The van der Waals surface area contributed by atoms with Crippen LogP contribution in [0.15, 0.2) is 107 Å². The molecule has 2 saturated heterocycles. The van der Waals surface area contributed by atoms with Gasteiger partial charge in [0, 0.05) is 51.1 Å². The molecule has 0 radical (unpaired) electrons. The highest BCUT2D eigenvalue weighted by atomic mass is 32.2. The van der Waals surface area contributed by atoms with Gasteiger partial charge in [-0.3, -0.25) is 4.79 Å². The van der Waals surface area contributed by atoms with Crippen LogP contribution in [-0.2, 0) is 37.2 Å². The van der Waals surface area contributed by atoms with Crippen molar-refractivity contribution in [2.45, 2.75) is 43.3 Å². The molecule has 0 bridgehead atoms. The number of Topliss-reactive ketones (excluding diaryl/α,β-unsaturated/α-hetero) is 1. The van der Waals surface area contributed by atoms with Crippen molar-refractivity contribution in [1.29, 1.82) is 0 Å². The van der Waals surface area contributed by atoms with Crippen LogP contribution in [0, 0.1) is 0 Å². The molecule has 6 rings (SSSR count). The Morgan fingerprint density at radius 2 is 1.50 bits per heavy atom. The van der Waals surface area contributed by atoms with E-state index in [1.54, 1.807) is 16.4 Å². The number of carbonyl (C=O) groups is 1. The van der Waals surface area contributed by atoms with Gasteiger partial charge in [-0.2, -0.15) is 4.31 Å². The first-order valence-corrected chi connectivity index (χ1v) is 16.6. The number of carbonyl (C=O) groups excluding carboxylic acids is 1. The normalized spacial score (nSPS) is 18.3. The lowest BCUT2D eigenvalue weighted by molar-refractivity contribution is -0.162. The van der Waals surface area contributed by atoms with Crippen molar-refractivity contribution in [3.63, 3.8) is 0 Å². The predicted molar refractivity (Wildman–Crippen MR) is 172 cm³/mol. The van der Waals surface area contributed by atoms with Crippen LogP contribution in [0.4, 0.5) is 5.69 Å². The molecular weight excluding hydrogens is 574 g/mol. The van der Waals surface area contributed by atoms with E-state index < -0.39 is 16.3 Å². The highest BCUT2D eigenvalue weighted by molar-refractivity contribution is 7.89. The van der Waals surface area contributed by atoms with Crippen LogP contribution in [0.2, 0.25) is 0 Å². The van der Waals surface area contributed by atoms with Crippen molar-refractivity contribution in [1.82, 2.24) is 4.31 Å². The molecule has 2 aliphatic rings. The molecule has 228 valence electrons. The Kier molecular flexibility index (Phi) is 9.35. The Labute approximate surface area is 258 Å². The summed E-state index contributed by atoms with van der Waals surface area (Å²) in [6.07, 6.45) is 2.97. The third-order valence-electron chi connectivity index (χ3n) is 8.22. The number of nitrogens with zero attached hydrogens (tertiary/aromatic N) is 3. The summed E-state index contributed by atoms with van der Waals surface area (Å²) >= 11 is 0. The SMILES string of the molecule is O=C(Cc1ccc(N2CCN(S(=O)(=O)c3ccc4ccccc4c3)CC2)cc1)/C(Cc1ccccc1)=N/OC1CCCCO1. The largest absolute Gasteiger partial charge is 0.369 e. The van der Waals surface area contributed by atoms with E-state index in [4.69, 9.17) is 9.57 Å². The first-order chi connectivity index (χ1) is 21.5. The summed E-state index contributed by atoms with van der Waals surface area (Å²) in [5, 5.41) is 6.20. The highest BCUT2D eigenvalue weighted by Gasteiger charge is 2.29. The van der Waals surface area contributed by atoms with Gasteiger partial charge < -0.3 is 14.5 Å². The summed E-state index contributed by atoms with van der Waals surface area (Å²) < 4.78 is 33.9. The number of rotatable bonds is 10. The van der Waals surface area contributed by atoms with Gasteiger partial charge in [-0.15, -0.1) is 0 Å². The zero-order chi connectivity index (χ0) is 30.4. The van der Waals surface area contributed by atoms with Crippen LogP contribution < -0.4 is 4.90 Å². The molecule has 0 spiro atoms. The highest BCUT2D eigenvalue weighted by Crippen LogP contribution is 2.25. The number of piperazine rings is 1. The van der Waals surface area contributed by atoms with Crippen molar-refractivity contribution in [3.8, 4) is 0 Å². The number of ether oxygens (including phenoxy) is 1. The molecule has 8 nitrogen and oxygen atoms in total. The van der Waals surface area contributed by atoms with Gasteiger partial charge in [-0.1, -0.05) is 78.0 Å². The molecule has 1 unspecified atom stereocenters. The molecule has 4 aromatic carbocycles. The fraction of sp³-hybridized carbons (Fsp3) is 0.314. The van der Waals surface area contributed by atoms with Gasteiger partial charge in [-0.25, -0.2) is 8.42 Å². The molecule has 0 aliphatic carbocycles. The van der Waals surface area contributed by atoms with E-state index in [0.29, 0.717) is 49.8 Å². The molecule has 9 heteroatoms. The molecule has 4 aromatic rings. The number of anilines is 1. The van der Waals surface area contributed by atoms with E-state index in [1.807, 2.05) is 84.9 Å². The summed E-state index contributed by atoms with van der Waals surface area (Å²) in [5.74, 6) is -0.0927. The number of sulfonamides is 1. The molecule has 0 N–H and O–H groups in total. The number of fused-ring (bicyclic) bond motifs is 1. The van der Waals surface area contributed by atoms with Crippen molar-refractivity contribution in [2.75, 3.05) is 37.7 Å². The summed E-state index contributed by atoms with van der Waals surface area (Å²) in [6.45, 7) is 2.61. The summed E-state index contributed by atoms with van der Waals surface area (Å²) in [6, 6.07) is 30.8. The maximum absolute atomic E-state index is 13.4. The monoisotopic (exact) mass is 611 g/mol. The number of hydrogen-bond donors (Lipinski definition) is 0. The minimum atomic E-state index is -3.58. The van der Waals surface area contributed by atoms with Gasteiger partial charge in [0.25, 0.3) is 0 Å². The van der Waals surface area contributed by atoms with Crippen LogP contribution in [0.3, 0.4) is 0 Å². The Hall–Kier alpha value is -4.05. The second-order valence-corrected chi connectivity index (χ2v) is 13.2. The molecule has 2 fully saturated rings. The maximum atomic E-state index is 13.4. The number of benzene rings is 4. The summed E-state index contributed by atoms with van der Waals surface area (Å²) in [5.41, 5.74) is 3.24. The molecule has 2 heterocycles. The molecule has 2 aliphatic heterocycles. The van der Waals surface area contributed by atoms with E-state index in [2.05, 4.69) is 10.1 Å². The smallest absolute Gasteiger partial charge is 0.243 e. The Balaban J connectivity index is 1.07. The second-order valence-electron chi connectivity index (χ2n) is 11.3. The van der Waals surface area contributed by atoms with Gasteiger partial charge in [0.05, 0.1) is 11.5 Å². The van der Waals surface area contributed by atoms with E-state index >= 15 is 0 Å². The summed E-state index contributed by atoms with van der Waals surface area (Å²) in [4.78, 5) is 21.5. The minimum Gasteiger partial charge on any atom is -0.369 e. The fourth-order valence-corrected chi connectivity index (χ4v) is 7.12. The standard InChI is InChI=1S/C35H37N3O5S/c39-34(33(24-27-8-2-1-3-9-27)36-43-35-12-6-7-23-42-35)25-28-13-16-31(17-14-28)37-19-21-38(22-20-37)44(40,41)32-18-15-29-10-4-5-11-30(29)26-32/h1-5,8-11,13-18,26,35H,6-7,12,19-25H2/b36-33+. The Morgan fingerprint density at radius 3 is 2.23 bits per heavy atom. The average Bonchev–Trinajstić information content (AvgIpc) is 3.07. The molecule has 1 atom stereocenters. The van der Waals surface area contributed by atoms with Crippen LogP contribution in [0.5, 0.6) is 0 Å². The van der Waals surface area contributed by atoms with Gasteiger partial charge in [0.2, 0.25) is 16.3 Å². The van der Waals surface area contributed by atoms with Crippen LogP contribution >= 0.6 is 0 Å². The van der Waals surface area contributed by atoms with Gasteiger partial charge in [-0.05, 0) is 59.0 Å². The zero-order valence-electron chi connectivity index (χ0n) is 24.7. The Morgan fingerprint density at radius 1 is 0.795 bits per heavy atom. The van der Waals surface area contributed by atoms with Crippen molar-refractivity contribution in [2.24, 2.45) is 5.16 Å². The van der Waals surface area contributed by atoms with Crippen LogP contribution in [-0.4, -0.2) is 63.3 Å². The first-order valence-electron chi connectivity index (χ1n) is 15.2. The van der Waals surface area contributed by atoms with Gasteiger partial charge >= 0.3 is 0 Å². The zero-order valence-corrected chi connectivity index (χ0v) is 25.5. The number of hydrogen-bond acceptors (Lipinski definition) is 7. The maximum Gasteiger partial charge on any atom is 0.243 e. The average molecular weight is 612 g/mol. The van der Waals surface area contributed by atoms with E-state index in [-0.39, 0.29) is 12.2 Å². The predicted octanol–water partition coefficient (Wildman–Crippen LogP) is 5.60. The molecule has 0 saturated carbocycles. The third-order valence-corrected chi connectivity index (χ3v) is 10.1. The number of ketones is 1. The third kappa shape index (κ3) is 7.18. The van der Waals surface area contributed by atoms with Gasteiger partial charge in [0.1, 0.15) is 5.71 Å².